The molecule has 7 nitrogen and oxygen atoms in total. The number of amides is 1. The SMILES string of the molecule is CCC(=O)OC(CC)OC(=O)NCC1CCC(C(=O)O)CC1. The highest BCUT2D eigenvalue weighted by molar-refractivity contribution is 5.70. The van der Waals surface area contributed by atoms with Crippen LogP contribution in [0.4, 0.5) is 4.79 Å². The molecule has 0 spiro atoms. The maximum absolute atomic E-state index is 11.7. The second-order valence-corrected chi connectivity index (χ2v) is 5.52. The minimum atomic E-state index is -0.866. The van der Waals surface area contributed by atoms with E-state index in [1.165, 1.54) is 0 Å². The van der Waals surface area contributed by atoms with Gasteiger partial charge in [0, 0.05) is 19.4 Å². The van der Waals surface area contributed by atoms with Gasteiger partial charge in [-0.3, -0.25) is 9.59 Å². The van der Waals surface area contributed by atoms with Crippen molar-refractivity contribution in [2.75, 3.05) is 6.54 Å². The number of esters is 1. The van der Waals surface area contributed by atoms with Gasteiger partial charge in [-0.25, -0.2) is 4.79 Å². The zero-order valence-electron chi connectivity index (χ0n) is 13.2. The Balaban J connectivity index is 2.25. The van der Waals surface area contributed by atoms with Crippen LogP contribution in [-0.2, 0) is 19.1 Å². The van der Waals surface area contributed by atoms with Crippen LogP contribution in [0.15, 0.2) is 0 Å². The smallest absolute Gasteiger partial charge is 0.410 e. The van der Waals surface area contributed by atoms with Gasteiger partial charge in [-0.1, -0.05) is 13.8 Å². The molecule has 0 heterocycles. The Kier molecular flexibility index (Phi) is 7.70. The lowest BCUT2D eigenvalue weighted by molar-refractivity contribution is -0.167. The first-order valence-corrected chi connectivity index (χ1v) is 7.83. The molecular weight excluding hydrogens is 290 g/mol. The molecule has 1 atom stereocenters. The van der Waals surface area contributed by atoms with Crippen LogP contribution in [-0.4, -0.2) is 36.0 Å². The molecule has 0 aromatic heterocycles. The van der Waals surface area contributed by atoms with Crippen LogP contribution in [0.2, 0.25) is 0 Å². The third-order valence-electron chi connectivity index (χ3n) is 3.85. The molecule has 0 aromatic carbocycles. The van der Waals surface area contributed by atoms with Crippen LogP contribution in [0.1, 0.15) is 52.4 Å². The fourth-order valence-electron chi connectivity index (χ4n) is 2.42. The van der Waals surface area contributed by atoms with Crippen molar-refractivity contribution in [3.8, 4) is 0 Å². The van der Waals surface area contributed by atoms with Crippen LogP contribution < -0.4 is 5.32 Å². The highest BCUT2D eigenvalue weighted by atomic mass is 16.7. The van der Waals surface area contributed by atoms with Crippen LogP contribution in [0.5, 0.6) is 0 Å². The summed E-state index contributed by atoms with van der Waals surface area (Å²) < 4.78 is 10.00. The first-order valence-electron chi connectivity index (χ1n) is 7.83. The quantitative estimate of drug-likeness (QED) is 0.552. The predicted molar refractivity (Wildman–Crippen MR) is 78.0 cm³/mol. The van der Waals surface area contributed by atoms with E-state index in [2.05, 4.69) is 5.32 Å². The normalized spacial score (nSPS) is 22.5. The summed E-state index contributed by atoms with van der Waals surface area (Å²) in [4.78, 5) is 33.7. The minimum Gasteiger partial charge on any atom is -0.481 e. The maximum Gasteiger partial charge on any atom is 0.410 e. The van der Waals surface area contributed by atoms with Gasteiger partial charge in [-0.05, 0) is 31.6 Å². The summed E-state index contributed by atoms with van der Waals surface area (Å²) in [5, 5.41) is 11.6. The van der Waals surface area contributed by atoms with Crippen molar-refractivity contribution in [2.45, 2.75) is 58.7 Å². The first-order chi connectivity index (χ1) is 10.5. The van der Waals surface area contributed by atoms with E-state index in [9.17, 15) is 14.4 Å². The summed E-state index contributed by atoms with van der Waals surface area (Å²) >= 11 is 0. The van der Waals surface area contributed by atoms with Gasteiger partial charge in [0.05, 0.1) is 5.92 Å². The van der Waals surface area contributed by atoms with Crippen LogP contribution in [0.3, 0.4) is 0 Å². The molecule has 1 fully saturated rings. The average Bonchev–Trinajstić information content (AvgIpc) is 2.52. The summed E-state index contributed by atoms with van der Waals surface area (Å²) in [5.41, 5.74) is 0. The zero-order valence-corrected chi connectivity index (χ0v) is 13.2. The second kappa shape index (κ2) is 9.27. The second-order valence-electron chi connectivity index (χ2n) is 5.52. The Bertz CT molecular complexity index is 389. The van der Waals surface area contributed by atoms with Gasteiger partial charge in [0.1, 0.15) is 0 Å². The number of aliphatic carboxylic acids is 1. The van der Waals surface area contributed by atoms with Crippen molar-refractivity contribution in [3.05, 3.63) is 0 Å². The van der Waals surface area contributed by atoms with Gasteiger partial charge in [0.15, 0.2) is 0 Å². The number of nitrogens with one attached hydrogen (secondary N) is 1. The number of rotatable bonds is 7. The summed E-state index contributed by atoms with van der Waals surface area (Å²) in [6.07, 6.45) is 1.98. The Labute approximate surface area is 130 Å². The molecule has 1 unspecified atom stereocenters. The Hall–Kier alpha value is -1.79. The van der Waals surface area contributed by atoms with Crippen molar-refractivity contribution in [1.29, 1.82) is 0 Å². The summed E-state index contributed by atoms with van der Waals surface area (Å²) in [6, 6.07) is 0. The number of carboxylic acid groups (broad SMARTS) is 1. The van der Waals surface area contributed by atoms with E-state index in [1.807, 2.05) is 0 Å². The Morgan fingerprint density at radius 3 is 2.27 bits per heavy atom. The van der Waals surface area contributed by atoms with E-state index >= 15 is 0 Å². The lowest BCUT2D eigenvalue weighted by atomic mass is 9.82. The summed E-state index contributed by atoms with van der Waals surface area (Å²) in [5.74, 6) is -1.15. The molecule has 0 aromatic rings. The molecule has 0 saturated heterocycles. The number of ether oxygens (including phenoxy) is 2. The number of carbonyl (C=O) groups is 3. The summed E-state index contributed by atoms with van der Waals surface area (Å²) in [7, 11) is 0. The number of hydrogen-bond donors (Lipinski definition) is 2. The lowest BCUT2D eigenvalue weighted by Gasteiger charge is -2.26. The molecular formula is C15H25NO6. The van der Waals surface area contributed by atoms with E-state index in [0.717, 1.165) is 12.8 Å². The van der Waals surface area contributed by atoms with Crippen LogP contribution >= 0.6 is 0 Å². The van der Waals surface area contributed by atoms with E-state index < -0.39 is 24.3 Å². The Morgan fingerprint density at radius 1 is 1.14 bits per heavy atom. The van der Waals surface area contributed by atoms with E-state index in [0.29, 0.717) is 25.8 Å². The molecule has 7 heteroatoms. The molecule has 1 saturated carbocycles. The molecule has 1 aliphatic carbocycles. The molecule has 1 rings (SSSR count). The zero-order chi connectivity index (χ0) is 16.5. The molecule has 0 aliphatic heterocycles. The molecule has 126 valence electrons. The van der Waals surface area contributed by atoms with Gasteiger partial charge >= 0.3 is 18.0 Å². The standard InChI is InChI=1S/C15H25NO6/c1-3-12(17)21-13(4-2)22-15(20)16-9-10-5-7-11(8-6-10)14(18)19/h10-11,13H,3-9H2,1-2H3,(H,16,20)(H,18,19). The molecule has 0 bridgehead atoms. The van der Waals surface area contributed by atoms with Gasteiger partial charge in [-0.15, -0.1) is 0 Å². The number of carboxylic acids is 1. The molecule has 1 aliphatic rings. The molecule has 22 heavy (non-hydrogen) atoms. The van der Waals surface area contributed by atoms with Gasteiger partial charge in [-0.2, -0.15) is 0 Å². The average molecular weight is 315 g/mol. The fourth-order valence-corrected chi connectivity index (χ4v) is 2.42. The molecule has 0 radical (unpaired) electrons. The first kappa shape index (κ1) is 18.3. The van der Waals surface area contributed by atoms with Crippen molar-refractivity contribution < 1.29 is 29.0 Å². The highest BCUT2D eigenvalue weighted by Gasteiger charge is 2.26. The van der Waals surface area contributed by atoms with E-state index in [-0.39, 0.29) is 18.3 Å². The number of hydrogen-bond acceptors (Lipinski definition) is 5. The summed E-state index contributed by atoms with van der Waals surface area (Å²) in [6.45, 7) is 3.87. The molecule has 1 amide bonds. The molecule has 2 N–H and O–H groups in total. The number of carbonyl (C=O) groups excluding carboxylic acids is 2. The third-order valence-corrected chi connectivity index (χ3v) is 3.85. The van der Waals surface area contributed by atoms with E-state index in [1.54, 1.807) is 13.8 Å². The Morgan fingerprint density at radius 2 is 1.77 bits per heavy atom. The van der Waals surface area contributed by atoms with Gasteiger partial charge in [0.25, 0.3) is 0 Å². The fraction of sp³-hybridized carbons (Fsp3) is 0.800. The topological polar surface area (TPSA) is 102 Å². The lowest BCUT2D eigenvalue weighted by Crippen LogP contribution is -2.35. The minimum absolute atomic E-state index is 0.230. The monoisotopic (exact) mass is 315 g/mol. The van der Waals surface area contributed by atoms with Crippen molar-refractivity contribution in [1.82, 2.24) is 5.32 Å². The van der Waals surface area contributed by atoms with Crippen molar-refractivity contribution >= 4 is 18.0 Å². The third kappa shape index (κ3) is 6.32. The largest absolute Gasteiger partial charge is 0.481 e. The van der Waals surface area contributed by atoms with Crippen LogP contribution in [0.25, 0.3) is 0 Å². The maximum atomic E-state index is 11.7. The van der Waals surface area contributed by atoms with Crippen molar-refractivity contribution in [2.24, 2.45) is 11.8 Å². The van der Waals surface area contributed by atoms with E-state index in [4.69, 9.17) is 14.6 Å². The van der Waals surface area contributed by atoms with Gasteiger partial charge < -0.3 is 19.9 Å². The van der Waals surface area contributed by atoms with Gasteiger partial charge in [0.2, 0.25) is 6.29 Å². The highest BCUT2D eigenvalue weighted by Crippen LogP contribution is 2.28. The van der Waals surface area contributed by atoms with Crippen LogP contribution in [0, 0.1) is 11.8 Å². The predicted octanol–water partition coefficient (Wildman–Crippen LogP) is 2.29. The number of alkyl carbamates (subject to hydrolysis) is 1. The van der Waals surface area contributed by atoms with Crippen molar-refractivity contribution in [3.63, 3.8) is 0 Å².